The Morgan fingerprint density at radius 2 is 1.86 bits per heavy atom. The summed E-state index contributed by atoms with van der Waals surface area (Å²) in [6.45, 7) is -0.116. The molecular formula is C18H21N5O5. The highest BCUT2D eigenvalue weighted by molar-refractivity contribution is 5.99. The summed E-state index contributed by atoms with van der Waals surface area (Å²) < 4.78 is 5.45. The van der Waals surface area contributed by atoms with E-state index in [1.54, 1.807) is 24.3 Å². The van der Waals surface area contributed by atoms with Crippen LogP contribution in [0.4, 0.5) is 4.79 Å². The number of benzene rings is 1. The third kappa shape index (κ3) is 4.16. The fraction of sp³-hybridized carbons (Fsp3) is 0.444. The van der Waals surface area contributed by atoms with Crippen LogP contribution in [0.2, 0.25) is 0 Å². The molecule has 1 aliphatic heterocycles. The van der Waals surface area contributed by atoms with Crippen LogP contribution < -0.4 is 5.32 Å². The molecule has 2 aliphatic rings. The van der Waals surface area contributed by atoms with Gasteiger partial charge in [-0.3, -0.25) is 19.9 Å². The van der Waals surface area contributed by atoms with Crippen LogP contribution in [-0.4, -0.2) is 58.5 Å². The number of nitrogens with one attached hydrogen (secondary N) is 3. The molecule has 10 nitrogen and oxygen atoms in total. The van der Waals surface area contributed by atoms with Crippen LogP contribution in [0.1, 0.15) is 41.6 Å². The second kappa shape index (κ2) is 7.75. The van der Waals surface area contributed by atoms with Crippen LogP contribution in [0.3, 0.4) is 0 Å². The molecule has 0 unspecified atom stereocenters. The molecule has 2 fully saturated rings. The topological polar surface area (TPSA) is 156 Å². The lowest BCUT2D eigenvalue weighted by atomic mass is 9.82. The van der Waals surface area contributed by atoms with E-state index >= 15 is 0 Å². The van der Waals surface area contributed by atoms with Gasteiger partial charge in [0.25, 0.3) is 5.91 Å². The van der Waals surface area contributed by atoms with Gasteiger partial charge in [-0.15, -0.1) is 5.11 Å². The molecule has 1 saturated carbocycles. The molecule has 1 saturated heterocycles. The maximum Gasteiger partial charge on any atom is 0.411 e. The van der Waals surface area contributed by atoms with Crippen molar-refractivity contribution in [3.63, 3.8) is 0 Å². The van der Waals surface area contributed by atoms with Crippen molar-refractivity contribution >= 4 is 23.8 Å². The molecule has 0 bridgehead atoms. The number of rotatable bonds is 5. The Labute approximate surface area is 160 Å². The number of ether oxygens (including phenoxy) is 1. The molecule has 3 rings (SSSR count). The van der Waals surface area contributed by atoms with Crippen LogP contribution >= 0.6 is 0 Å². The molecule has 148 valence electrons. The van der Waals surface area contributed by atoms with Crippen molar-refractivity contribution in [2.75, 3.05) is 13.1 Å². The number of carboxylic acids is 1. The maximum absolute atomic E-state index is 12.4. The molecule has 2 amide bonds. The van der Waals surface area contributed by atoms with Gasteiger partial charge >= 0.3 is 12.1 Å². The Bertz CT molecular complexity index is 814. The van der Waals surface area contributed by atoms with Gasteiger partial charge in [-0.1, -0.05) is 12.1 Å². The van der Waals surface area contributed by atoms with Gasteiger partial charge in [-0.2, -0.15) is 0 Å². The second-order valence-corrected chi connectivity index (χ2v) is 7.09. The lowest BCUT2D eigenvalue weighted by Crippen LogP contribution is -2.45. The number of aliphatic carboxylic acids is 1. The number of nitrogens with zero attached hydrogens (tertiary/aromatic N) is 2. The molecule has 10 heteroatoms. The van der Waals surface area contributed by atoms with E-state index < -0.39 is 17.7 Å². The SMILES string of the molecule is N=NC(=N)c1ccc(C(=O)NC2CCC3(CC2)CN(CC(=O)O)C(=O)O3)cc1. The second-order valence-electron chi connectivity index (χ2n) is 7.09. The number of amides is 2. The highest BCUT2D eigenvalue weighted by Crippen LogP contribution is 2.37. The molecule has 1 aromatic carbocycles. The number of carbonyl (C=O) groups is 3. The third-order valence-electron chi connectivity index (χ3n) is 5.13. The van der Waals surface area contributed by atoms with Gasteiger partial charge in [0, 0.05) is 17.2 Å². The lowest BCUT2D eigenvalue weighted by molar-refractivity contribution is -0.137. The van der Waals surface area contributed by atoms with E-state index in [9.17, 15) is 14.4 Å². The van der Waals surface area contributed by atoms with E-state index in [4.69, 9.17) is 20.8 Å². The van der Waals surface area contributed by atoms with Crippen molar-refractivity contribution < 1.29 is 24.2 Å². The van der Waals surface area contributed by atoms with Crippen molar-refractivity contribution in [1.29, 1.82) is 10.9 Å². The van der Waals surface area contributed by atoms with Crippen LogP contribution in [0, 0.1) is 10.9 Å². The molecule has 1 spiro atoms. The summed E-state index contributed by atoms with van der Waals surface area (Å²) in [5, 5.41) is 22.4. The van der Waals surface area contributed by atoms with Crippen molar-refractivity contribution in [2.45, 2.75) is 37.3 Å². The Kier molecular flexibility index (Phi) is 5.39. The first-order chi connectivity index (χ1) is 13.3. The van der Waals surface area contributed by atoms with E-state index in [1.165, 1.54) is 4.90 Å². The van der Waals surface area contributed by atoms with E-state index in [-0.39, 0.29) is 30.9 Å². The molecular weight excluding hydrogens is 366 g/mol. The van der Waals surface area contributed by atoms with E-state index in [0.29, 0.717) is 36.8 Å². The van der Waals surface area contributed by atoms with E-state index in [1.807, 2.05) is 0 Å². The average molecular weight is 387 g/mol. The number of hydrogen-bond donors (Lipinski definition) is 4. The van der Waals surface area contributed by atoms with E-state index in [2.05, 4.69) is 10.4 Å². The Morgan fingerprint density at radius 1 is 1.25 bits per heavy atom. The Balaban J connectivity index is 1.53. The summed E-state index contributed by atoms with van der Waals surface area (Å²) in [6.07, 6.45) is 1.76. The van der Waals surface area contributed by atoms with Crippen LogP contribution in [-0.2, 0) is 9.53 Å². The summed E-state index contributed by atoms with van der Waals surface area (Å²) in [5.41, 5.74) is 7.07. The summed E-state index contributed by atoms with van der Waals surface area (Å²) in [5.74, 6) is -1.49. The Hall–Kier alpha value is -3.30. The minimum Gasteiger partial charge on any atom is -0.480 e. The quantitative estimate of drug-likeness (QED) is 0.345. The number of amidine groups is 1. The molecule has 1 aliphatic carbocycles. The van der Waals surface area contributed by atoms with Crippen molar-refractivity contribution in [3.8, 4) is 0 Å². The van der Waals surface area contributed by atoms with Gasteiger partial charge in [0.05, 0.1) is 6.54 Å². The highest BCUT2D eigenvalue weighted by Gasteiger charge is 2.47. The van der Waals surface area contributed by atoms with Gasteiger partial charge in [0.15, 0.2) is 5.84 Å². The normalized spacial score (nSPS) is 23.9. The first-order valence-corrected chi connectivity index (χ1v) is 8.89. The van der Waals surface area contributed by atoms with Gasteiger partial charge in [0.2, 0.25) is 0 Å². The predicted octanol–water partition coefficient (Wildman–Crippen LogP) is 1.99. The number of carbonyl (C=O) groups excluding carboxylic acids is 2. The average Bonchev–Trinajstić information content (AvgIpc) is 2.97. The summed E-state index contributed by atoms with van der Waals surface area (Å²) in [7, 11) is 0. The smallest absolute Gasteiger partial charge is 0.411 e. The molecule has 1 heterocycles. The number of carboxylic acid groups (broad SMARTS) is 1. The van der Waals surface area contributed by atoms with Gasteiger partial charge < -0.3 is 15.2 Å². The van der Waals surface area contributed by atoms with Crippen LogP contribution in [0.5, 0.6) is 0 Å². The van der Waals surface area contributed by atoms with Crippen LogP contribution in [0.15, 0.2) is 29.4 Å². The zero-order valence-corrected chi connectivity index (χ0v) is 15.1. The first kappa shape index (κ1) is 19.5. The molecule has 0 atom stereocenters. The third-order valence-corrected chi connectivity index (χ3v) is 5.13. The fourth-order valence-corrected chi connectivity index (χ4v) is 3.64. The van der Waals surface area contributed by atoms with Crippen molar-refractivity contribution in [3.05, 3.63) is 35.4 Å². The molecule has 28 heavy (non-hydrogen) atoms. The zero-order chi connectivity index (χ0) is 20.3. The predicted molar refractivity (Wildman–Crippen MR) is 96.6 cm³/mol. The summed E-state index contributed by atoms with van der Waals surface area (Å²) in [6, 6.07) is 6.24. The van der Waals surface area contributed by atoms with Gasteiger partial charge in [-0.25, -0.2) is 10.3 Å². The van der Waals surface area contributed by atoms with Crippen LogP contribution in [0.25, 0.3) is 0 Å². The van der Waals surface area contributed by atoms with Gasteiger partial charge in [-0.05, 0) is 37.8 Å². The largest absolute Gasteiger partial charge is 0.480 e. The first-order valence-electron chi connectivity index (χ1n) is 8.89. The zero-order valence-electron chi connectivity index (χ0n) is 15.1. The van der Waals surface area contributed by atoms with Gasteiger partial charge in [0.1, 0.15) is 12.1 Å². The van der Waals surface area contributed by atoms with Crippen molar-refractivity contribution in [1.82, 2.24) is 10.2 Å². The minimum absolute atomic E-state index is 0.0634. The fourth-order valence-electron chi connectivity index (χ4n) is 3.64. The molecule has 0 aromatic heterocycles. The van der Waals surface area contributed by atoms with Crippen molar-refractivity contribution in [2.24, 2.45) is 5.11 Å². The lowest BCUT2D eigenvalue weighted by Gasteiger charge is -2.35. The summed E-state index contributed by atoms with van der Waals surface area (Å²) >= 11 is 0. The molecule has 4 N–H and O–H groups in total. The monoisotopic (exact) mass is 387 g/mol. The summed E-state index contributed by atoms with van der Waals surface area (Å²) in [4.78, 5) is 36.3. The highest BCUT2D eigenvalue weighted by atomic mass is 16.6. The maximum atomic E-state index is 12.4. The molecule has 0 radical (unpaired) electrons. The number of hydrogen-bond acceptors (Lipinski definition) is 6. The Morgan fingerprint density at radius 3 is 2.43 bits per heavy atom. The molecule has 1 aromatic rings. The standard InChI is InChI=1S/C18H21N5O5/c19-15(22-20)11-1-3-12(4-2-11)16(26)21-13-5-7-18(8-6-13)10-23(9-14(24)25)17(27)28-18/h1-4,13,19-20H,5-10H2,(H,21,26)(H,24,25). The van der Waals surface area contributed by atoms with E-state index in [0.717, 1.165) is 0 Å². The minimum atomic E-state index is -1.08.